The van der Waals surface area contributed by atoms with E-state index in [9.17, 15) is 0 Å². The number of fused-ring (bicyclic) bond motifs is 1. The SMILES string of the molecule is CCC(C)CCCC(C)CCC1CCCC2OC12. The topological polar surface area (TPSA) is 12.5 Å². The van der Waals surface area contributed by atoms with Crippen molar-refractivity contribution in [2.45, 2.75) is 90.8 Å². The zero-order valence-electron chi connectivity index (χ0n) is 12.7. The van der Waals surface area contributed by atoms with Crippen LogP contribution in [0.5, 0.6) is 0 Å². The van der Waals surface area contributed by atoms with Gasteiger partial charge in [-0.25, -0.2) is 0 Å². The molecule has 0 amide bonds. The van der Waals surface area contributed by atoms with E-state index >= 15 is 0 Å². The van der Waals surface area contributed by atoms with Crippen LogP contribution >= 0.6 is 0 Å². The Hall–Kier alpha value is -0.0400. The quantitative estimate of drug-likeness (QED) is 0.542. The summed E-state index contributed by atoms with van der Waals surface area (Å²) >= 11 is 0. The first-order valence-corrected chi connectivity index (χ1v) is 8.36. The fourth-order valence-corrected chi connectivity index (χ4v) is 3.52. The van der Waals surface area contributed by atoms with E-state index in [2.05, 4.69) is 20.8 Å². The lowest BCUT2D eigenvalue weighted by molar-refractivity contribution is 0.286. The molecule has 1 heteroatoms. The molecule has 2 rings (SSSR count). The molecule has 5 unspecified atom stereocenters. The van der Waals surface area contributed by atoms with Gasteiger partial charge >= 0.3 is 0 Å². The van der Waals surface area contributed by atoms with Gasteiger partial charge in [-0.05, 0) is 37.0 Å². The zero-order chi connectivity index (χ0) is 13.0. The number of hydrogen-bond donors (Lipinski definition) is 0. The van der Waals surface area contributed by atoms with Gasteiger partial charge in [0, 0.05) is 0 Å². The van der Waals surface area contributed by atoms with Gasteiger partial charge in [-0.2, -0.15) is 0 Å². The Kier molecular flexibility index (Phi) is 5.54. The summed E-state index contributed by atoms with van der Waals surface area (Å²) in [5, 5.41) is 0. The van der Waals surface area contributed by atoms with Crippen molar-refractivity contribution in [2.75, 3.05) is 0 Å². The molecule has 2 aliphatic rings. The van der Waals surface area contributed by atoms with Crippen molar-refractivity contribution in [1.29, 1.82) is 0 Å². The Labute approximate surface area is 114 Å². The Morgan fingerprint density at radius 1 is 1.06 bits per heavy atom. The summed E-state index contributed by atoms with van der Waals surface area (Å²) in [6.07, 6.45) is 14.0. The maximum absolute atomic E-state index is 5.75. The molecular formula is C17H32O. The van der Waals surface area contributed by atoms with Crippen molar-refractivity contribution in [3.8, 4) is 0 Å². The van der Waals surface area contributed by atoms with Gasteiger partial charge in [-0.15, -0.1) is 0 Å². The van der Waals surface area contributed by atoms with E-state index in [0.717, 1.165) is 17.8 Å². The molecule has 0 N–H and O–H groups in total. The molecule has 1 heterocycles. The second-order valence-corrected chi connectivity index (χ2v) is 6.96. The summed E-state index contributed by atoms with van der Waals surface area (Å²) in [7, 11) is 0. The summed E-state index contributed by atoms with van der Waals surface area (Å²) in [6.45, 7) is 7.14. The molecule has 1 aliphatic heterocycles. The van der Waals surface area contributed by atoms with E-state index in [1.165, 1.54) is 57.8 Å². The molecule has 0 aromatic carbocycles. The minimum atomic E-state index is 0.671. The number of rotatable bonds is 8. The van der Waals surface area contributed by atoms with Gasteiger partial charge in [0.25, 0.3) is 0 Å². The van der Waals surface area contributed by atoms with Crippen LogP contribution in [0.1, 0.15) is 78.6 Å². The van der Waals surface area contributed by atoms with Gasteiger partial charge < -0.3 is 4.74 Å². The molecule has 0 radical (unpaired) electrons. The molecule has 106 valence electrons. The molecule has 5 atom stereocenters. The molecule has 0 bridgehead atoms. The second kappa shape index (κ2) is 6.93. The predicted octanol–water partition coefficient (Wildman–Crippen LogP) is 5.19. The van der Waals surface area contributed by atoms with Gasteiger partial charge in [0.1, 0.15) is 0 Å². The van der Waals surface area contributed by atoms with Crippen LogP contribution in [0, 0.1) is 17.8 Å². The van der Waals surface area contributed by atoms with Crippen molar-refractivity contribution in [1.82, 2.24) is 0 Å². The first-order valence-electron chi connectivity index (χ1n) is 8.36. The van der Waals surface area contributed by atoms with Crippen LogP contribution in [-0.4, -0.2) is 12.2 Å². The average Bonchev–Trinajstić information content (AvgIpc) is 3.15. The summed E-state index contributed by atoms with van der Waals surface area (Å²) in [5.41, 5.74) is 0. The Morgan fingerprint density at radius 3 is 2.61 bits per heavy atom. The first kappa shape index (κ1) is 14.4. The lowest BCUT2D eigenvalue weighted by Gasteiger charge is -2.20. The average molecular weight is 252 g/mol. The summed E-state index contributed by atoms with van der Waals surface area (Å²) in [5.74, 6) is 2.75. The van der Waals surface area contributed by atoms with E-state index in [0.29, 0.717) is 12.2 Å². The van der Waals surface area contributed by atoms with Crippen LogP contribution in [0.15, 0.2) is 0 Å². The molecule has 18 heavy (non-hydrogen) atoms. The van der Waals surface area contributed by atoms with Gasteiger partial charge in [0.15, 0.2) is 0 Å². The molecule has 0 spiro atoms. The molecule has 0 aromatic rings. The summed E-state index contributed by atoms with van der Waals surface area (Å²) < 4.78 is 5.75. The first-order chi connectivity index (χ1) is 8.70. The molecule has 2 fully saturated rings. The lowest BCUT2D eigenvalue weighted by atomic mass is 9.83. The smallest absolute Gasteiger partial charge is 0.0869 e. The summed E-state index contributed by atoms with van der Waals surface area (Å²) in [4.78, 5) is 0. The number of hydrogen-bond acceptors (Lipinski definition) is 1. The maximum atomic E-state index is 5.75. The van der Waals surface area contributed by atoms with Crippen molar-refractivity contribution >= 4 is 0 Å². The maximum Gasteiger partial charge on any atom is 0.0869 e. The van der Waals surface area contributed by atoms with Gasteiger partial charge in [0.05, 0.1) is 12.2 Å². The highest BCUT2D eigenvalue weighted by Crippen LogP contribution is 2.43. The second-order valence-electron chi connectivity index (χ2n) is 6.96. The van der Waals surface area contributed by atoms with E-state index in [1.54, 1.807) is 0 Å². The highest BCUT2D eigenvalue weighted by Gasteiger charge is 2.46. The Balaban J connectivity index is 1.53. The van der Waals surface area contributed by atoms with Crippen molar-refractivity contribution in [3.05, 3.63) is 0 Å². The van der Waals surface area contributed by atoms with Crippen LogP contribution in [0.2, 0.25) is 0 Å². The van der Waals surface area contributed by atoms with Crippen molar-refractivity contribution in [2.24, 2.45) is 17.8 Å². The van der Waals surface area contributed by atoms with Gasteiger partial charge in [-0.1, -0.05) is 59.3 Å². The molecular weight excluding hydrogens is 220 g/mol. The normalized spacial score (nSPS) is 33.8. The molecule has 1 saturated carbocycles. The van der Waals surface area contributed by atoms with E-state index < -0.39 is 0 Å². The van der Waals surface area contributed by atoms with Crippen LogP contribution in [-0.2, 0) is 4.74 Å². The van der Waals surface area contributed by atoms with Crippen molar-refractivity contribution in [3.63, 3.8) is 0 Å². The van der Waals surface area contributed by atoms with E-state index in [1.807, 2.05) is 0 Å². The van der Waals surface area contributed by atoms with Crippen LogP contribution in [0.3, 0.4) is 0 Å². The minimum absolute atomic E-state index is 0.671. The fourth-order valence-electron chi connectivity index (χ4n) is 3.52. The van der Waals surface area contributed by atoms with Gasteiger partial charge in [0.2, 0.25) is 0 Å². The van der Waals surface area contributed by atoms with Crippen LogP contribution in [0.4, 0.5) is 0 Å². The van der Waals surface area contributed by atoms with Gasteiger partial charge in [-0.3, -0.25) is 0 Å². The monoisotopic (exact) mass is 252 g/mol. The third-order valence-corrected chi connectivity index (χ3v) is 5.27. The fraction of sp³-hybridized carbons (Fsp3) is 1.00. The highest BCUT2D eigenvalue weighted by atomic mass is 16.6. The molecule has 0 aromatic heterocycles. The summed E-state index contributed by atoms with van der Waals surface area (Å²) in [6, 6.07) is 0. The van der Waals surface area contributed by atoms with Crippen LogP contribution < -0.4 is 0 Å². The van der Waals surface area contributed by atoms with Crippen LogP contribution in [0.25, 0.3) is 0 Å². The largest absolute Gasteiger partial charge is 0.369 e. The molecule has 1 saturated heterocycles. The van der Waals surface area contributed by atoms with Crippen molar-refractivity contribution < 1.29 is 4.74 Å². The third kappa shape index (κ3) is 4.26. The molecule has 1 nitrogen and oxygen atoms in total. The molecule has 1 aliphatic carbocycles. The Bertz CT molecular complexity index is 238. The van der Waals surface area contributed by atoms with E-state index in [-0.39, 0.29) is 0 Å². The zero-order valence-corrected chi connectivity index (χ0v) is 12.7. The predicted molar refractivity (Wildman–Crippen MR) is 77.7 cm³/mol. The Morgan fingerprint density at radius 2 is 1.83 bits per heavy atom. The third-order valence-electron chi connectivity index (χ3n) is 5.27. The number of ether oxygens (including phenoxy) is 1. The minimum Gasteiger partial charge on any atom is -0.369 e. The lowest BCUT2D eigenvalue weighted by Crippen LogP contribution is -2.17. The number of epoxide rings is 1. The standard InChI is InChI=1S/C17H32O/c1-4-13(2)7-5-8-14(3)11-12-15-9-6-10-16-17(15)18-16/h13-17H,4-12H2,1-3H3. The van der Waals surface area contributed by atoms with E-state index in [4.69, 9.17) is 4.74 Å². The highest BCUT2D eigenvalue weighted by molar-refractivity contribution is 4.94.